The maximum Gasteiger partial charge on any atom is 0.282 e. The minimum atomic E-state index is -0.269. The monoisotopic (exact) mass is 438 g/mol. The normalized spacial score (nSPS) is 13.7. The van der Waals surface area contributed by atoms with E-state index in [1.807, 2.05) is 96.8 Å². The standard InChI is InChI=1S/C29H30N2O2/c1-3-5-12-22-17-19-25(20-18-22)31-28(32)26(24-15-10-7-11-16-24)27(29(31)33)30(4-2)21-23-13-8-6-9-14-23/h6-11,13-20H,3-5,12,21H2,1-2H3. The van der Waals surface area contributed by atoms with Crippen molar-refractivity contribution in [2.75, 3.05) is 11.4 Å². The number of benzene rings is 3. The van der Waals surface area contributed by atoms with Crippen LogP contribution in [0.1, 0.15) is 43.4 Å². The van der Waals surface area contributed by atoms with Gasteiger partial charge >= 0.3 is 0 Å². The first-order valence-corrected chi connectivity index (χ1v) is 11.7. The zero-order valence-electron chi connectivity index (χ0n) is 19.3. The van der Waals surface area contributed by atoms with Crippen LogP contribution in [-0.4, -0.2) is 23.3 Å². The van der Waals surface area contributed by atoms with Crippen LogP contribution in [0.5, 0.6) is 0 Å². The van der Waals surface area contributed by atoms with E-state index in [0.717, 1.165) is 30.4 Å². The average Bonchev–Trinajstić information content (AvgIpc) is 3.12. The Bertz CT molecular complexity index is 1140. The summed E-state index contributed by atoms with van der Waals surface area (Å²) in [4.78, 5) is 30.8. The van der Waals surface area contributed by atoms with Crippen LogP contribution >= 0.6 is 0 Å². The van der Waals surface area contributed by atoms with Crippen molar-refractivity contribution in [1.29, 1.82) is 0 Å². The van der Waals surface area contributed by atoms with Crippen molar-refractivity contribution >= 4 is 23.1 Å². The number of amides is 2. The van der Waals surface area contributed by atoms with Crippen LogP contribution in [0.4, 0.5) is 5.69 Å². The van der Waals surface area contributed by atoms with Gasteiger partial charge < -0.3 is 4.90 Å². The number of aryl methyl sites for hydroxylation is 1. The molecule has 2 amide bonds. The molecule has 4 nitrogen and oxygen atoms in total. The summed E-state index contributed by atoms with van der Waals surface area (Å²) < 4.78 is 0. The van der Waals surface area contributed by atoms with Crippen molar-refractivity contribution in [1.82, 2.24) is 4.90 Å². The Hall–Kier alpha value is -3.66. The number of unbranched alkanes of at least 4 members (excludes halogenated alkanes) is 1. The number of hydrogen-bond donors (Lipinski definition) is 0. The first kappa shape index (κ1) is 22.5. The molecule has 0 atom stereocenters. The predicted octanol–water partition coefficient (Wildman–Crippen LogP) is 5.84. The third-order valence-corrected chi connectivity index (χ3v) is 6.05. The van der Waals surface area contributed by atoms with Crippen molar-refractivity contribution < 1.29 is 9.59 Å². The van der Waals surface area contributed by atoms with Gasteiger partial charge in [-0.1, -0.05) is 86.1 Å². The van der Waals surface area contributed by atoms with Crippen LogP contribution in [0, 0.1) is 0 Å². The summed E-state index contributed by atoms with van der Waals surface area (Å²) in [6.07, 6.45) is 3.25. The minimum absolute atomic E-state index is 0.266. The zero-order chi connectivity index (χ0) is 23.2. The molecule has 0 fully saturated rings. The van der Waals surface area contributed by atoms with Gasteiger partial charge in [0.2, 0.25) is 0 Å². The van der Waals surface area contributed by atoms with Crippen molar-refractivity contribution in [3.63, 3.8) is 0 Å². The van der Waals surface area contributed by atoms with Gasteiger partial charge in [-0.15, -0.1) is 0 Å². The Morgan fingerprint density at radius 3 is 1.97 bits per heavy atom. The average molecular weight is 439 g/mol. The largest absolute Gasteiger partial charge is 0.362 e. The molecule has 0 saturated heterocycles. The summed E-state index contributed by atoms with van der Waals surface area (Å²) in [5.41, 5.74) is 4.62. The second-order valence-corrected chi connectivity index (χ2v) is 8.31. The van der Waals surface area contributed by atoms with Crippen LogP contribution in [0.25, 0.3) is 5.57 Å². The highest BCUT2D eigenvalue weighted by Crippen LogP contribution is 2.35. The maximum atomic E-state index is 13.8. The Morgan fingerprint density at radius 1 is 0.727 bits per heavy atom. The van der Waals surface area contributed by atoms with Gasteiger partial charge in [0.25, 0.3) is 11.8 Å². The topological polar surface area (TPSA) is 40.6 Å². The van der Waals surface area contributed by atoms with Gasteiger partial charge in [-0.25, -0.2) is 4.90 Å². The van der Waals surface area contributed by atoms with E-state index in [-0.39, 0.29) is 11.8 Å². The molecule has 3 aromatic carbocycles. The zero-order valence-corrected chi connectivity index (χ0v) is 19.3. The molecule has 33 heavy (non-hydrogen) atoms. The van der Waals surface area contributed by atoms with Crippen LogP contribution in [0.2, 0.25) is 0 Å². The fraction of sp³-hybridized carbons (Fsp3) is 0.241. The van der Waals surface area contributed by atoms with Gasteiger partial charge in [-0.05, 0) is 48.6 Å². The number of likely N-dealkylation sites (N-methyl/N-ethyl adjacent to an activating group) is 1. The van der Waals surface area contributed by atoms with Crippen molar-refractivity contribution in [2.24, 2.45) is 0 Å². The SMILES string of the molecule is CCCCc1ccc(N2C(=O)C(c3ccccc3)=C(N(CC)Cc3ccccc3)C2=O)cc1. The second-order valence-electron chi connectivity index (χ2n) is 8.31. The molecule has 1 aliphatic rings. The van der Waals surface area contributed by atoms with E-state index in [0.29, 0.717) is 30.0 Å². The van der Waals surface area contributed by atoms with Gasteiger partial charge in [-0.2, -0.15) is 0 Å². The molecule has 168 valence electrons. The van der Waals surface area contributed by atoms with Crippen molar-refractivity contribution in [3.05, 3.63) is 107 Å². The number of carbonyl (C=O) groups is 2. The quantitative estimate of drug-likeness (QED) is 0.394. The Labute approximate surface area is 196 Å². The molecule has 4 rings (SSSR count). The van der Waals surface area contributed by atoms with Gasteiger partial charge in [0.1, 0.15) is 5.70 Å². The maximum absolute atomic E-state index is 13.8. The van der Waals surface area contributed by atoms with E-state index in [1.165, 1.54) is 10.5 Å². The van der Waals surface area contributed by atoms with Gasteiger partial charge in [-0.3, -0.25) is 9.59 Å². The Morgan fingerprint density at radius 2 is 1.36 bits per heavy atom. The van der Waals surface area contributed by atoms with E-state index in [1.54, 1.807) is 0 Å². The third-order valence-electron chi connectivity index (χ3n) is 6.05. The lowest BCUT2D eigenvalue weighted by Crippen LogP contribution is -2.35. The van der Waals surface area contributed by atoms with E-state index in [2.05, 4.69) is 6.92 Å². The van der Waals surface area contributed by atoms with Crippen LogP contribution < -0.4 is 4.90 Å². The summed E-state index contributed by atoms with van der Waals surface area (Å²) >= 11 is 0. The molecule has 0 aromatic heterocycles. The lowest BCUT2D eigenvalue weighted by molar-refractivity contribution is -0.120. The van der Waals surface area contributed by atoms with E-state index >= 15 is 0 Å². The third kappa shape index (κ3) is 4.75. The van der Waals surface area contributed by atoms with E-state index in [4.69, 9.17) is 0 Å². The molecule has 0 aliphatic carbocycles. The number of hydrogen-bond acceptors (Lipinski definition) is 3. The molecule has 0 spiro atoms. The van der Waals surface area contributed by atoms with Crippen molar-refractivity contribution in [2.45, 2.75) is 39.7 Å². The first-order chi connectivity index (χ1) is 16.1. The summed E-state index contributed by atoms with van der Waals surface area (Å²) in [7, 11) is 0. The molecule has 4 heteroatoms. The molecule has 0 unspecified atom stereocenters. The molecule has 0 saturated carbocycles. The molecule has 1 heterocycles. The summed E-state index contributed by atoms with van der Waals surface area (Å²) in [6, 6.07) is 27.4. The molecule has 0 radical (unpaired) electrons. The minimum Gasteiger partial charge on any atom is -0.362 e. The van der Waals surface area contributed by atoms with Gasteiger partial charge in [0.05, 0.1) is 11.3 Å². The Balaban J connectivity index is 1.73. The van der Waals surface area contributed by atoms with Crippen molar-refractivity contribution in [3.8, 4) is 0 Å². The molecular weight excluding hydrogens is 408 g/mol. The first-order valence-electron chi connectivity index (χ1n) is 11.7. The number of nitrogens with zero attached hydrogens (tertiary/aromatic N) is 2. The van der Waals surface area contributed by atoms with Gasteiger partial charge in [0, 0.05) is 13.1 Å². The molecule has 1 aliphatic heterocycles. The summed E-state index contributed by atoms with van der Waals surface area (Å²) in [6.45, 7) is 5.36. The van der Waals surface area contributed by atoms with Gasteiger partial charge in [0.15, 0.2) is 0 Å². The highest BCUT2D eigenvalue weighted by atomic mass is 16.2. The number of rotatable bonds is 9. The lowest BCUT2D eigenvalue weighted by atomic mass is 10.0. The fourth-order valence-corrected chi connectivity index (χ4v) is 4.26. The van der Waals surface area contributed by atoms with Crippen LogP contribution in [0.3, 0.4) is 0 Å². The number of imide groups is 1. The summed E-state index contributed by atoms with van der Waals surface area (Å²) in [5.74, 6) is -0.535. The number of anilines is 1. The molecule has 3 aromatic rings. The predicted molar refractivity (Wildman–Crippen MR) is 133 cm³/mol. The molecular formula is C29H30N2O2. The van der Waals surface area contributed by atoms with E-state index in [9.17, 15) is 9.59 Å². The summed E-state index contributed by atoms with van der Waals surface area (Å²) in [5, 5.41) is 0. The van der Waals surface area contributed by atoms with Crippen LogP contribution in [-0.2, 0) is 22.6 Å². The lowest BCUT2D eigenvalue weighted by Gasteiger charge is -2.25. The van der Waals surface area contributed by atoms with E-state index < -0.39 is 0 Å². The Kier molecular flexibility index (Phi) is 7.04. The molecule has 0 N–H and O–H groups in total. The smallest absolute Gasteiger partial charge is 0.282 e. The highest BCUT2D eigenvalue weighted by molar-refractivity contribution is 6.45. The molecule has 0 bridgehead atoms. The second kappa shape index (κ2) is 10.3. The number of carbonyl (C=O) groups excluding carboxylic acids is 2. The van der Waals surface area contributed by atoms with Crippen LogP contribution in [0.15, 0.2) is 90.6 Å². The highest BCUT2D eigenvalue weighted by Gasteiger charge is 2.42. The fourth-order valence-electron chi connectivity index (χ4n) is 4.26.